The van der Waals surface area contributed by atoms with Crippen LogP contribution in [-0.4, -0.2) is 50.3 Å². The number of hydrogen-bond donors (Lipinski definition) is 1. The Morgan fingerprint density at radius 1 is 1.16 bits per heavy atom. The van der Waals surface area contributed by atoms with Crippen LogP contribution in [0, 0.1) is 0 Å². The average Bonchev–Trinajstić information content (AvgIpc) is 3.57. The Balaban J connectivity index is 1.41. The molecule has 1 aliphatic heterocycles. The van der Waals surface area contributed by atoms with Crippen molar-refractivity contribution in [2.24, 2.45) is 10.7 Å². The first-order valence-corrected chi connectivity index (χ1v) is 13.6. The minimum atomic E-state index is -0.0996. The van der Waals surface area contributed by atoms with Crippen LogP contribution in [0.25, 0.3) is 11.4 Å². The van der Waals surface area contributed by atoms with E-state index in [2.05, 4.69) is 20.2 Å². The minimum absolute atomic E-state index is 0.0352. The summed E-state index contributed by atoms with van der Waals surface area (Å²) in [6.45, 7) is 3.40. The standard InChI is InChI=1S/C27H28ClN7O2S/c1-18(29)30-19-11-14-33(15-12-19)23-16-21(34-13-3-2-4-27(34)37)6-7-22(23)35-17-20(31-32-35)5-8-24(36)25-9-10-26(28)38-25/h2-4,6-7,9-10,13,16-17,19H,5,8,11-12,14-15H2,1H3,(H2,29,30). The van der Waals surface area contributed by atoms with Crippen molar-refractivity contribution in [3.8, 4) is 11.4 Å². The van der Waals surface area contributed by atoms with Crippen molar-refractivity contribution in [3.05, 3.63) is 86.2 Å². The molecule has 0 aliphatic carbocycles. The van der Waals surface area contributed by atoms with Gasteiger partial charge in [0.1, 0.15) is 0 Å². The highest BCUT2D eigenvalue weighted by molar-refractivity contribution is 7.18. The van der Waals surface area contributed by atoms with Crippen LogP contribution in [0.2, 0.25) is 4.34 Å². The number of anilines is 1. The summed E-state index contributed by atoms with van der Waals surface area (Å²) in [6.07, 6.45) is 6.17. The highest BCUT2D eigenvalue weighted by Crippen LogP contribution is 2.30. The molecule has 4 heterocycles. The molecule has 0 spiro atoms. The first-order valence-electron chi connectivity index (χ1n) is 12.4. The number of aromatic nitrogens is 4. The summed E-state index contributed by atoms with van der Waals surface area (Å²) in [5.41, 5.74) is 9.00. The van der Waals surface area contributed by atoms with Crippen LogP contribution < -0.4 is 16.2 Å². The number of nitrogens with two attached hydrogens (primary N) is 1. The van der Waals surface area contributed by atoms with Crippen molar-refractivity contribution in [3.63, 3.8) is 0 Å². The van der Waals surface area contributed by atoms with Gasteiger partial charge in [0, 0.05) is 38.2 Å². The zero-order valence-corrected chi connectivity index (χ0v) is 22.5. The molecule has 1 fully saturated rings. The number of Topliss-reactive ketones (excluding diaryl/α,β-unsaturated/α-hetero) is 1. The Hall–Kier alpha value is -3.76. The Bertz CT molecular complexity index is 1530. The van der Waals surface area contributed by atoms with Crippen molar-refractivity contribution in [2.45, 2.75) is 38.6 Å². The van der Waals surface area contributed by atoms with E-state index in [-0.39, 0.29) is 17.4 Å². The maximum absolute atomic E-state index is 12.5. The molecule has 2 N–H and O–H groups in total. The second-order valence-electron chi connectivity index (χ2n) is 9.25. The zero-order valence-electron chi connectivity index (χ0n) is 21.0. The lowest BCUT2D eigenvalue weighted by atomic mass is 10.0. The van der Waals surface area contributed by atoms with E-state index in [1.54, 1.807) is 39.7 Å². The van der Waals surface area contributed by atoms with Gasteiger partial charge >= 0.3 is 0 Å². The summed E-state index contributed by atoms with van der Waals surface area (Å²) in [7, 11) is 0. The van der Waals surface area contributed by atoms with Crippen LogP contribution in [0.4, 0.5) is 5.69 Å². The van der Waals surface area contributed by atoms with E-state index in [1.807, 2.05) is 37.4 Å². The van der Waals surface area contributed by atoms with Crippen LogP contribution in [0.5, 0.6) is 0 Å². The number of amidine groups is 1. The number of thiophene rings is 1. The molecule has 9 nitrogen and oxygen atoms in total. The molecular formula is C27H28ClN7O2S. The normalized spacial score (nSPS) is 14.7. The second-order valence-corrected chi connectivity index (χ2v) is 11.0. The van der Waals surface area contributed by atoms with Crippen molar-refractivity contribution in [1.82, 2.24) is 19.6 Å². The van der Waals surface area contributed by atoms with Crippen LogP contribution in [0.3, 0.4) is 0 Å². The quantitative estimate of drug-likeness (QED) is 0.199. The van der Waals surface area contributed by atoms with Gasteiger partial charge in [-0.2, -0.15) is 0 Å². The van der Waals surface area contributed by atoms with E-state index in [0.717, 1.165) is 48.7 Å². The highest BCUT2D eigenvalue weighted by Gasteiger charge is 2.23. The first-order chi connectivity index (χ1) is 18.4. The second kappa shape index (κ2) is 11.3. The van der Waals surface area contributed by atoms with Crippen molar-refractivity contribution in [1.29, 1.82) is 0 Å². The smallest absolute Gasteiger partial charge is 0.255 e. The molecule has 0 atom stereocenters. The molecule has 0 unspecified atom stereocenters. The molecule has 0 amide bonds. The molecule has 1 saturated heterocycles. The number of piperidine rings is 1. The molecule has 1 aromatic carbocycles. The average molecular weight is 550 g/mol. The number of benzene rings is 1. The predicted molar refractivity (Wildman–Crippen MR) is 151 cm³/mol. The number of ketones is 1. The van der Waals surface area contributed by atoms with Gasteiger partial charge in [-0.3, -0.25) is 19.1 Å². The SMILES string of the molecule is CC(N)=NC1CCN(c2cc(-n3ccccc3=O)ccc2-n2cc(CCC(=O)c3ccc(Cl)s3)nn2)CC1. The van der Waals surface area contributed by atoms with Gasteiger partial charge in [0.2, 0.25) is 0 Å². The molecule has 3 aromatic heterocycles. The minimum Gasteiger partial charge on any atom is -0.388 e. The first kappa shape index (κ1) is 25.9. The van der Waals surface area contributed by atoms with E-state index in [0.29, 0.717) is 27.9 Å². The molecular weight excluding hydrogens is 522 g/mol. The van der Waals surface area contributed by atoms with E-state index in [9.17, 15) is 9.59 Å². The van der Waals surface area contributed by atoms with E-state index < -0.39 is 0 Å². The monoisotopic (exact) mass is 549 g/mol. The number of carbonyl (C=O) groups excluding carboxylic acids is 1. The van der Waals surface area contributed by atoms with Gasteiger partial charge in [-0.25, -0.2) is 4.68 Å². The summed E-state index contributed by atoms with van der Waals surface area (Å²) in [4.78, 5) is 32.5. The number of carbonyl (C=O) groups is 1. The van der Waals surface area contributed by atoms with Gasteiger partial charge in [-0.05, 0) is 56.2 Å². The van der Waals surface area contributed by atoms with Gasteiger partial charge in [0.15, 0.2) is 5.78 Å². The number of hydrogen-bond acceptors (Lipinski definition) is 7. The van der Waals surface area contributed by atoms with Gasteiger partial charge in [-0.1, -0.05) is 22.9 Å². The molecule has 1 aliphatic rings. The fourth-order valence-corrected chi connectivity index (χ4v) is 5.64. The molecule has 4 aromatic rings. The highest BCUT2D eigenvalue weighted by atomic mass is 35.5. The Morgan fingerprint density at radius 2 is 1.97 bits per heavy atom. The summed E-state index contributed by atoms with van der Waals surface area (Å²) < 4.78 is 3.96. The maximum Gasteiger partial charge on any atom is 0.255 e. The number of nitrogens with zero attached hydrogens (tertiary/aromatic N) is 6. The summed E-state index contributed by atoms with van der Waals surface area (Å²) in [5.74, 6) is 0.637. The van der Waals surface area contributed by atoms with Crippen LogP contribution in [0.1, 0.15) is 41.6 Å². The van der Waals surface area contributed by atoms with Gasteiger partial charge < -0.3 is 10.6 Å². The predicted octanol–water partition coefficient (Wildman–Crippen LogP) is 4.29. The summed E-state index contributed by atoms with van der Waals surface area (Å²) >= 11 is 7.25. The van der Waals surface area contributed by atoms with Gasteiger partial charge in [0.25, 0.3) is 5.56 Å². The van der Waals surface area contributed by atoms with E-state index >= 15 is 0 Å². The molecule has 11 heteroatoms. The van der Waals surface area contributed by atoms with Crippen LogP contribution in [-0.2, 0) is 6.42 Å². The zero-order chi connectivity index (χ0) is 26.6. The Kier molecular flexibility index (Phi) is 7.71. The van der Waals surface area contributed by atoms with Gasteiger partial charge in [-0.15, -0.1) is 16.4 Å². The number of rotatable bonds is 8. The topological polar surface area (TPSA) is 111 Å². The molecule has 0 saturated carbocycles. The number of aliphatic imine (C=N–C) groups is 1. The van der Waals surface area contributed by atoms with E-state index in [1.165, 1.54) is 11.3 Å². The van der Waals surface area contributed by atoms with Crippen molar-refractivity contribution >= 4 is 40.2 Å². The third kappa shape index (κ3) is 5.87. The fourth-order valence-electron chi connectivity index (χ4n) is 4.63. The number of aryl methyl sites for hydroxylation is 1. The maximum atomic E-state index is 12.5. The summed E-state index contributed by atoms with van der Waals surface area (Å²) in [5, 5.41) is 8.70. The Morgan fingerprint density at radius 3 is 2.68 bits per heavy atom. The summed E-state index contributed by atoms with van der Waals surface area (Å²) in [6, 6.07) is 14.7. The van der Waals surface area contributed by atoms with E-state index in [4.69, 9.17) is 17.3 Å². The lowest BCUT2D eigenvalue weighted by Crippen LogP contribution is -2.36. The molecule has 196 valence electrons. The fraction of sp³-hybridized carbons (Fsp3) is 0.296. The molecule has 38 heavy (non-hydrogen) atoms. The third-order valence-corrected chi connectivity index (χ3v) is 7.77. The third-order valence-electron chi connectivity index (χ3n) is 6.49. The number of halogens is 1. The van der Waals surface area contributed by atoms with Gasteiger partial charge in [0.05, 0.1) is 50.0 Å². The number of pyridine rings is 1. The Labute approximate surface area is 229 Å². The van der Waals surface area contributed by atoms with Crippen LogP contribution in [0.15, 0.2) is 70.7 Å². The lowest BCUT2D eigenvalue weighted by Gasteiger charge is -2.33. The largest absolute Gasteiger partial charge is 0.388 e. The molecule has 0 bridgehead atoms. The lowest BCUT2D eigenvalue weighted by molar-refractivity contribution is 0.0986. The molecule has 5 rings (SSSR count). The van der Waals surface area contributed by atoms with Crippen molar-refractivity contribution in [2.75, 3.05) is 18.0 Å². The van der Waals surface area contributed by atoms with Crippen molar-refractivity contribution < 1.29 is 4.79 Å². The molecule has 0 radical (unpaired) electrons. The van der Waals surface area contributed by atoms with Crippen LogP contribution >= 0.6 is 22.9 Å².